The van der Waals surface area contributed by atoms with Crippen molar-refractivity contribution < 1.29 is 0 Å². The third kappa shape index (κ3) is 5.36. The molecule has 0 bridgehead atoms. The van der Waals surface area contributed by atoms with Crippen molar-refractivity contribution in [3.63, 3.8) is 0 Å². The zero-order valence-electron chi connectivity index (χ0n) is 3.41. The molecular formula is C2H7Cl2PS. The van der Waals surface area contributed by atoms with Crippen molar-refractivity contribution in [2.75, 3.05) is 6.16 Å². The van der Waals surface area contributed by atoms with Gasteiger partial charge in [0, 0.05) is 0 Å². The van der Waals surface area contributed by atoms with Crippen LogP contribution in [0.3, 0.4) is 0 Å². The predicted octanol–water partition coefficient (Wildman–Crippen LogP) is 2.91. The minimum absolute atomic E-state index is 0.805. The van der Waals surface area contributed by atoms with Crippen LogP contribution in [0.4, 0.5) is 0 Å². The summed E-state index contributed by atoms with van der Waals surface area (Å²) in [6.07, 6.45) is 0.805. The number of rotatable bonds is 1. The van der Waals surface area contributed by atoms with Crippen molar-refractivity contribution in [2.45, 2.75) is 6.92 Å². The second kappa shape index (κ2) is 2.61. The Morgan fingerprint density at radius 1 is 1.67 bits per heavy atom. The molecule has 0 aliphatic carbocycles. The Balaban J connectivity index is 3.17. The molecule has 0 saturated heterocycles. The van der Waals surface area contributed by atoms with Gasteiger partial charge in [0.15, 0.2) is 0 Å². The molecule has 0 aliphatic rings. The van der Waals surface area contributed by atoms with Crippen molar-refractivity contribution in [3.8, 4) is 0 Å². The molecule has 0 N–H and O–H groups in total. The predicted molar refractivity (Wildman–Crippen MR) is 39.5 cm³/mol. The molecule has 0 atom stereocenters. The van der Waals surface area contributed by atoms with Crippen molar-refractivity contribution >= 4 is 39.9 Å². The van der Waals surface area contributed by atoms with Crippen molar-refractivity contribution in [3.05, 3.63) is 0 Å². The summed E-state index contributed by atoms with van der Waals surface area (Å²) >= 11 is 14.9. The summed E-state index contributed by atoms with van der Waals surface area (Å²) in [4.78, 5) is 0. The molecule has 40 valence electrons. The molecule has 0 aliphatic heterocycles. The molecule has 0 fully saturated rings. The summed E-state index contributed by atoms with van der Waals surface area (Å²) in [5, 5.41) is -1.99. The van der Waals surface area contributed by atoms with E-state index in [4.69, 9.17) is 22.5 Å². The molecular weight excluding hydrogens is 158 g/mol. The van der Waals surface area contributed by atoms with E-state index in [-0.39, 0.29) is 0 Å². The molecule has 6 heavy (non-hydrogen) atoms. The maximum atomic E-state index is 5.49. The molecule has 0 aromatic rings. The molecule has 0 spiro atoms. The van der Waals surface area contributed by atoms with E-state index in [0.29, 0.717) is 0 Å². The van der Waals surface area contributed by atoms with Crippen LogP contribution in [0.5, 0.6) is 0 Å². The topological polar surface area (TPSA) is 0 Å². The SMILES string of the molecule is CC[PH](S)(Cl)Cl. The van der Waals surface area contributed by atoms with Gasteiger partial charge in [0.05, 0.1) is 0 Å². The van der Waals surface area contributed by atoms with Crippen LogP contribution in [0.25, 0.3) is 0 Å². The summed E-state index contributed by atoms with van der Waals surface area (Å²) < 4.78 is 0. The summed E-state index contributed by atoms with van der Waals surface area (Å²) in [5.41, 5.74) is 0. The zero-order chi connectivity index (χ0) is 5.21. The van der Waals surface area contributed by atoms with Crippen molar-refractivity contribution in [1.82, 2.24) is 0 Å². The van der Waals surface area contributed by atoms with Crippen LogP contribution in [0.2, 0.25) is 0 Å². The number of thiol groups is 1. The van der Waals surface area contributed by atoms with Gasteiger partial charge in [-0.15, -0.1) is 0 Å². The van der Waals surface area contributed by atoms with E-state index < -0.39 is 5.17 Å². The van der Waals surface area contributed by atoms with Crippen LogP contribution in [0, 0.1) is 0 Å². The Morgan fingerprint density at radius 2 is 1.83 bits per heavy atom. The maximum absolute atomic E-state index is 5.49. The second-order valence-electron chi connectivity index (χ2n) is 1.02. The van der Waals surface area contributed by atoms with Crippen LogP contribution in [-0.4, -0.2) is 6.16 Å². The van der Waals surface area contributed by atoms with Gasteiger partial charge < -0.3 is 0 Å². The van der Waals surface area contributed by atoms with E-state index in [1.54, 1.807) is 0 Å². The van der Waals surface area contributed by atoms with Gasteiger partial charge >= 0.3 is 53.0 Å². The minimum atomic E-state index is -1.99. The van der Waals surface area contributed by atoms with E-state index in [9.17, 15) is 0 Å². The summed E-state index contributed by atoms with van der Waals surface area (Å²) in [6.45, 7) is 1.93. The zero-order valence-corrected chi connectivity index (χ0v) is 6.82. The Bertz CT molecular complexity index is 41.3. The standard InChI is InChI=1S/C2H7Cl2PS/c1-2-5(3,4)6/h5-6H,2H2,1H3. The fourth-order valence-electron chi connectivity index (χ4n) is 0. The first-order valence-electron chi connectivity index (χ1n) is 1.66. The van der Waals surface area contributed by atoms with E-state index in [1.807, 2.05) is 6.92 Å². The first kappa shape index (κ1) is 7.36. The molecule has 0 amide bonds. The van der Waals surface area contributed by atoms with Crippen LogP contribution < -0.4 is 0 Å². The van der Waals surface area contributed by atoms with E-state index >= 15 is 0 Å². The quantitative estimate of drug-likeness (QED) is 0.448. The number of hydrogen-bond donors (Lipinski definition) is 1. The Hall–Kier alpha value is 1.36. The molecule has 0 radical (unpaired) electrons. The Labute approximate surface area is 53.3 Å². The molecule has 0 nitrogen and oxygen atoms in total. The average molecular weight is 165 g/mol. The van der Waals surface area contributed by atoms with E-state index in [1.165, 1.54) is 0 Å². The van der Waals surface area contributed by atoms with Crippen LogP contribution in [0.1, 0.15) is 6.92 Å². The summed E-state index contributed by atoms with van der Waals surface area (Å²) in [7, 11) is 0. The second-order valence-corrected chi connectivity index (χ2v) is 11.4. The van der Waals surface area contributed by atoms with Crippen molar-refractivity contribution in [2.24, 2.45) is 0 Å². The Kier molecular flexibility index (Phi) is 3.21. The molecule has 0 aromatic heterocycles. The molecule has 4 heteroatoms. The average Bonchev–Trinajstić information content (AvgIpc) is 1.35. The summed E-state index contributed by atoms with van der Waals surface area (Å²) in [5.74, 6) is 0. The van der Waals surface area contributed by atoms with E-state index in [2.05, 4.69) is 12.2 Å². The number of hydrogen-bond acceptors (Lipinski definition) is 1. The summed E-state index contributed by atoms with van der Waals surface area (Å²) in [6, 6.07) is 0. The van der Waals surface area contributed by atoms with Crippen LogP contribution >= 0.6 is 39.9 Å². The van der Waals surface area contributed by atoms with Gasteiger partial charge in [0.25, 0.3) is 0 Å². The van der Waals surface area contributed by atoms with Gasteiger partial charge in [-0.3, -0.25) is 0 Å². The molecule has 0 aromatic carbocycles. The first-order chi connectivity index (χ1) is 2.56. The molecule has 0 heterocycles. The fraction of sp³-hybridized carbons (Fsp3) is 1.00. The first-order valence-corrected chi connectivity index (χ1v) is 7.18. The normalized spacial score (nSPS) is 14.7. The molecule has 0 unspecified atom stereocenters. The van der Waals surface area contributed by atoms with Gasteiger partial charge in [-0.25, -0.2) is 0 Å². The van der Waals surface area contributed by atoms with Crippen molar-refractivity contribution in [1.29, 1.82) is 0 Å². The van der Waals surface area contributed by atoms with Crippen LogP contribution in [0.15, 0.2) is 0 Å². The van der Waals surface area contributed by atoms with Gasteiger partial charge in [0.1, 0.15) is 0 Å². The molecule has 0 saturated carbocycles. The van der Waals surface area contributed by atoms with Gasteiger partial charge in [-0.05, 0) is 0 Å². The van der Waals surface area contributed by atoms with Crippen LogP contribution in [-0.2, 0) is 0 Å². The third-order valence-electron chi connectivity index (χ3n) is 0.425. The third-order valence-corrected chi connectivity index (χ3v) is 3.83. The van der Waals surface area contributed by atoms with Gasteiger partial charge in [-0.2, -0.15) is 0 Å². The number of halogens is 2. The van der Waals surface area contributed by atoms with Gasteiger partial charge in [-0.1, -0.05) is 0 Å². The fourth-order valence-corrected chi connectivity index (χ4v) is 0. The van der Waals surface area contributed by atoms with Gasteiger partial charge in [0.2, 0.25) is 0 Å². The monoisotopic (exact) mass is 164 g/mol. The Morgan fingerprint density at radius 3 is 1.83 bits per heavy atom. The molecule has 0 rings (SSSR count). The van der Waals surface area contributed by atoms with E-state index in [0.717, 1.165) is 6.16 Å².